The molecule has 12 N–H and O–H groups in total. The van der Waals surface area contributed by atoms with E-state index < -0.39 is 118 Å². The van der Waals surface area contributed by atoms with Gasteiger partial charge in [0.1, 0.15) is 61.0 Å². The van der Waals surface area contributed by atoms with Crippen LogP contribution in [0.3, 0.4) is 0 Å². The Balaban J connectivity index is 1.74. The summed E-state index contributed by atoms with van der Waals surface area (Å²) in [7, 11) is 1.31. The predicted octanol–water partition coefficient (Wildman–Crippen LogP) is -6.84. The number of carbonyl (C=O) groups excluding carboxylic acids is 1. The molecule has 0 aliphatic carbocycles. The van der Waals surface area contributed by atoms with E-state index in [-0.39, 0.29) is 0 Å². The summed E-state index contributed by atoms with van der Waals surface area (Å²) in [5, 5.41) is 73.9. The van der Waals surface area contributed by atoms with Crippen LogP contribution in [0.25, 0.3) is 0 Å². The summed E-state index contributed by atoms with van der Waals surface area (Å²) < 4.78 is 33.2. The Labute approximate surface area is 218 Å². The van der Waals surface area contributed by atoms with Gasteiger partial charge in [-0.1, -0.05) is 0 Å². The van der Waals surface area contributed by atoms with Crippen LogP contribution in [-0.2, 0) is 33.2 Å². The van der Waals surface area contributed by atoms with Gasteiger partial charge in [-0.25, -0.2) is 0 Å². The van der Waals surface area contributed by atoms with Crippen LogP contribution in [0.15, 0.2) is 0 Å². The summed E-state index contributed by atoms with van der Waals surface area (Å²) >= 11 is 0. The molecule has 1 amide bonds. The van der Waals surface area contributed by atoms with E-state index in [0.717, 1.165) is 6.92 Å². The highest BCUT2D eigenvalue weighted by molar-refractivity contribution is 5.73. The number of nitrogens with two attached hydrogens (primary N) is 2. The van der Waals surface area contributed by atoms with Gasteiger partial charge >= 0.3 is 0 Å². The summed E-state index contributed by atoms with van der Waals surface area (Å²) in [6, 6.07) is -3.84. The standard InChI is InChI=1S/C21H39N3O14/c1-6(28)24-12-15(31)18(8(4-26)34-19(12)32)38-21-11(23)14(30)17(9(5-27)36-21)37-20-10(22)13(29)16(33-2)7(3-25)35-20/h7-21,25-27,29-32H,3-5,22-23H2,1-2H3,(H,24,28). The lowest BCUT2D eigenvalue weighted by Gasteiger charge is -2.49. The summed E-state index contributed by atoms with van der Waals surface area (Å²) in [6.45, 7) is -0.770. The second-order valence-corrected chi connectivity index (χ2v) is 9.45. The average molecular weight is 558 g/mol. The van der Waals surface area contributed by atoms with Crippen molar-refractivity contribution in [2.24, 2.45) is 11.5 Å². The molecule has 38 heavy (non-hydrogen) atoms. The van der Waals surface area contributed by atoms with Crippen LogP contribution < -0.4 is 16.8 Å². The largest absolute Gasteiger partial charge is 0.394 e. The van der Waals surface area contributed by atoms with Crippen LogP contribution in [-0.4, -0.2) is 161 Å². The molecule has 3 rings (SSSR count). The number of methoxy groups -OCH3 is 1. The Bertz CT molecular complexity index is 765. The number of nitrogens with one attached hydrogen (secondary N) is 1. The lowest BCUT2D eigenvalue weighted by molar-refractivity contribution is -0.349. The molecule has 15 unspecified atom stereocenters. The molecular formula is C21H39N3O14. The van der Waals surface area contributed by atoms with E-state index in [2.05, 4.69) is 5.32 Å². The van der Waals surface area contributed by atoms with Gasteiger partial charge in [0.25, 0.3) is 0 Å². The minimum absolute atomic E-state index is 0.531. The van der Waals surface area contributed by atoms with Crippen molar-refractivity contribution in [3.8, 4) is 0 Å². The molecule has 3 heterocycles. The minimum atomic E-state index is -1.66. The lowest BCUT2D eigenvalue weighted by atomic mass is 9.94. The van der Waals surface area contributed by atoms with Crippen molar-refractivity contribution in [3.05, 3.63) is 0 Å². The first-order chi connectivity index (χ1) is 18.0. The van der Waals surface area contributed by atoms with Gasteiger partial charge in [0, 0.05) is 14.0 Å². The molecule has 0 aromatic rings. The van der Waals surface area contributed by atoms with Gasteiger partial charge in [-0.2, -0.15) is 0 Å². The average Bonchev–Trinajstić information content (AvgIpc) is 2.89. The van der Waals surface area contributed by atoms with Crippen LogP contribution in [0.4, 0.5) is 0 Å². The van der Waals surface area contributed by atoms with Gasteiger partial charge in [-0.05, 0) is 0 Å². The molecule has 0 aromatic carbocycles. The van der Waals surface area contributed by atoms with Crippen LogP contribution in [0.2, 0.25) is 0 Å². The number of hydrogen-bond donors (Lipinski definition) is 10. The third kappa shape index (κ3) is 6.43. The molecule has 17 nitrogen and oxygen atoms in total. The molecule has 3 fully saturated rings. The normalized spacial score (nSPS) is 48.0. The fourth-order valence-corrected chi connectivity index (χ4v) is 4.83. The third-order valence-electron chi connectivity index (χ3n) is 6.90. The first kappa shape index (κ1) is 31.4. The zero-order chi connectivity index (χ0) is 28.3. The Kier molecular flexibility index (Phi) is 11.1. The lowest BCUT2D eigenvalue weighted by Crippen LogP contribution is -2.69. The Morgan fingerprint density at radius 3 is 1.63 bits per heavy atom. The first-order valence-corrected chi connectivity index (χ1v) is 12.1. The third-order valence-corrected chi connectivity index (χ3v) is 6.90. The molecular weight excluding hydrogens is 518 g/mol. The van der Waals surface area contributed by atoms with Gasteiger partial charge in [0.15, 0.2) is 18.9 Å². The highest BCUT2D eigenvalue weighted by Crippen LogP contribution is 2.31. The van der Waals surface area contributed by atoms with Gasteiger partial charge in [-0.15, -0.1) is 0 Å². The fourth-order valence-electron chi connectivity index (χ4n) is 4.83. The fraction of sp³-hybridized carbons (Fsp3) is 0.952. The van der Waals surface area contributed by atoms with Crippen LogP contribution in [0.5, 0.6) is 0 Å². The molecule has 15 atom stereocenters. The molecule has 17 heteroatoms. The Morgan fingerprint density at radius 1 is 0.763 bits per heavy atom. The van der Waals surface area contributed by atoms with E-state index in [1.165, 1.54) is 7.11 Å². The number of aliphatic hydroxyl groups excluding tert-OH is 7. The van der Waals surface area contributed by atoms with Gasteiger partial charge in [0.2, 0.25) is 5.91 Å². The van der Waals surface area contributed by atoms with Crippen LogP contribution in [0, 0.1) is 0 Å². The van der Waals surface area contributed by atoms with Crippen molar-refractivity contribution in [1.82, 2.24) is 5.32 Å². The van der Waals surface area contributed by atoms with Crippen molar-refractivity contribution < 1.29 is 69.0 Å². The van der Waals surface area contributed by atoms with E-state index >= 15 is 0 Å². The Hall–Kier alpha value is -1.13. The maximum Gasteiger partial charge on any atom is 0.217 e. The quantitative estimate of drug-likeness (QED) is 0.126. The van der Waals surface area contributed by atoms with E-state index in [0.29, 0.717) is 0 Å². The first-order valence-electron chi connectivity index (χ1n) is 12.1. The molecule has 0 bridgehead atoms. The van der Waals surface area contributed by atoms with Gasteiger partial charge in [0.05, 0.1) is 31.9 Å². The molecule has 3 aliphatic rings. The highest BCUT2D eigenvalue weighted by Gasteiger charge is 2.53. The van der Waals surface area contributed by atoms with E-state index in [9.17, 15) is 40.5 Å². The predicted molar refractivity (Wildman–Crippen MR) is 122 cm³/mol. The molecule has 0 saturated carbocycles. The number of hydrogen-bond acceptors (Lipinski definition) is 16. The summed E-state index contributed by atoms with van der Waals surface area (Å²) in [6.07, 6.45) is -16.2. The molecule has 0 aromatic heterocycles. The van der Waals surface area contributed by atoms with E-state index in [1.807, 2.05) is 0 Å². The summed E-state index contributed by atoms with van der Waals surface area (Å²) in [5.74, 6) is -0.576. The number of ether oxygens (including phenoxy) is 6. The minimum Gasteiger partial charge on any atom is -0.394 e. The van der Waals surface area contributed by atoms with Gasteiger partial charge < -0.3 is 81.0 Å². The zero-order valence-electron chi connectivity index (χ0n) is 20.9. The Morgan fingerprint density at radius 2 is 1.18 bits per heavy atom. The maximum absolute atomic E-state index is 11.5. The summed E-state index contributed by atoms with van der Waals surface area (Å²) in [5.41, 5.74) is 12.2. The second-order valence-electron chi connectivity index (χ2n) is 9.45. The van der Waals surface area contributed by atoms with Crippen LogP contribution in [0.1, 0.15) is 6.92 Å². The number of rotatable bonds is 9. The van der Waals surface area contributed by atoms with E-state index in [1.54, 1.807) is 0 Å². The van der Waals surface area contributed by atoms with Crippen molar-refractivity contribution in [2.45, 2.75) is 98.9 Å². The van der Waals surface area contributed by atoms with Crippen molar-refractivity contribution in [1.29, 1.82) is 0 Å². The van der Waals surface area contributed by atoms with Crippen molar-refractivity contribution in [2.75, 3.05) is 26.9 Å². The van der Waals surface area contributed by atoms with E-state index in [4.69, 9.17) is 39.9 Å². The van der Waals surface area contributed by atoms with Crippen molar-refractivity contribution >= 4 is 5.91 Å². The molecule has 0 radical (unpaired) electrons. The monoisotopic (exact) mass is 557 g/mol. The van der Waals surface area contributed by atoms with Crippen LogP contribution >= 0.6 is 0 Å². The highest BCUT2D eigenvalue weighted by atomic mass is 16.7. The number of aliphatic hydroxyl groups is 7. The number of amides is 1. The maximum atomic E-state index is 11.5. The van der Waals surface area contributed by atoms with Gasteiger partial charge in [-0.3, -0.25) is 4.79 Å². The van der Waals surface area contributed by atoms with Crippen molar-refractivity contribution in [3.63, 3.8) is 0 Å². The SMILES string of the molecule is COC1C(CO)OC(OC2C(CO)OC(OC3C(CO)OC(O)C(NC(C)=O)C3O)C(N)C2O)C(N)C1O. The topological polar surface area (TPSA) is 278 Å². The molecule has 3 saturated heterocycles. The molecule has 222 valence electrons. The summed E-state index contributed by atoms with van der Waals surface area (Å²) in [4.78, 5) is 11.5. The number of carbonyl (C=O) groups is 1. The molecule has 0 spiro atoms. The molecule has 3 aliphatic heterocycles. The second kappa shape index (κ2) is 13.5. The smallest absolute Gasteiger partial charge is 0.217 e. The zero-order valence-corrected chi connectivity index (χ0v) is 20.9.